The van der Waals surface area contributed by atoms with Crippen molar-refractivity contribution in [2.45, 2.75) is 6.54 Å². The monoisotopic (exact) mass is 341 g/mol. The van der Waals surface area contributed by atoms with Crippen molar-refractivity contribution in [1.82, 2.24) is 24.5 Å². The van der Waals surface area contributed by atoms with Gasteiger partial charge in [-0.3, -0.25) is 14.6 Å². The first kappa shape index (κ1) is 16.4. The molecule has 3 aliphatic rings. The van der Waals surface area contributed by atoms with Gasteiger partial charge in [-0.05, 0) is 5.56 Å². The van der Waals surface area contributed by atoms with Crippen molar-refractivity contribution in [3.8, 4) is 0 Å². The Bertz CT molecular complexity index is 638. The van der Waals surface area contributed by atoms with Crippen LogP contribution in [0.25, 0.3) is 0 Å². The van der Waals surface area contributed by atoms with Crippen molar-refractivity contribution < 1.29 is 4.79 Å². The van der Waals surface area contributed by atoms with E-state index in [1.165, 1.54) is 5.56 Å². The van der Waals surface area contributed by atoms with Crippen LogP contribution in [-0.2, 0) is 11.3 Å². The average molecular weight is 341 g/mol. The molecule has 0 spiro atoms. The van der Waals surface area contributed by atoms with Gasteiger partial charge in [-0.1, -0.05) is 30.3 Å². The van der Waals surface area contributed by atoms with Crippen LogP contribution in [0, 0.1) is 0 Å². The molecular weight excluding hydrogens is 314 g/mol. The minimum Gasteiger partial charge on any atom is -0.361 e. The molecule has 25 heavy (non-hydrogen) atoms. The molecule has 0 radical (unpaired) electrons. The van der Waals surface area contributed by atoms with Crippen LogP contribution in [0.2, 0.25) is 0 Å². The topological polar surface area (TPSA) is 33.3 Å². The first-order valence-corrected chi connectivity index (χ1v) is 9.14. The van der Waals surface area contributed by atoms with E-state index in [9.17, 15) is 4.79 Å². The highest BCUT2D eigenvalue weighted by molar-refractivity contribution is 5.95. The van der Waals surface area contributed by atoms with Gasteiger partial charge < -0.3 is 14.7 Å². The number of carbonyl (C=O) groups is 1. The fourth-order valence-corrected chi connectivity index (χ4v) is 3.87. The summed E-state index contributed by atoms with van der Waals surface area (Å²) in [5.41, 5.74) is 2.24. The van der Waals surface area contributed by atoms with Crippen LogP contribution in [0.4, 0.5) is 0 Å². The predicted molar refractivity (Wildman–Crippen MR) is 97.3 cm³/mol. The van der Waals surface area contributed by atoms with Gasteiger partial charge in [0.25, 0.3) is 5.91 Å². The third-order valence-corrected chi connectivity index (χ3v) is 5.32. The normalized spacial score (nSPS) is 21.9. The average Bonchev–Trinajstić information content (AvgIpc) is 3.13. The molecule has 6 nitrogen and oxygen atoms in total. The summed E-state index contributed by atoms with van der Waals surface area (Å²) in [6.45, 7) is 8.79. The lowest BCUT2D eigenvalue weighted by atomic mass is 10.2. The summed E-state index contributed by atoms with van der Waals surface area (Å²) < 4.78 is 0. The highest BCUT2D eigenvalue weighted by Gasteiger charge is 2.36. The van der Waals surface area contributed by atoms with Crippen molar-refractivity contribution in [3.63, 3.8) is 0 Å². The maximum Gasteiger partial charge on any atom is 0.273 e. The second-order valence-corrected chi connectivity index (χ2v) is 7.27. The number of piperazine rings is 1. The second-order valence-electron chi connectivity index (χ2n) is 7.27. The zero-order chi connectivity index (χ0) is 17.2. The molecule has 4 rings (SSSR count). The number of hydrogen-bond acceptors (Lipinski definition) is 5. The number of rotatable bonds is 5. The highest BCUT2D eigenvalue weighted by Crippen LogP contribution is 2.23. The Labute approximate surface area is 149 Å². The van der Waals surface area contributed by atoms with Crippen molar-refractivity contribution in [1.29, 1.82) is 0 Å². The SMILES string of the molecule is CN1C=C2C(=O)N(CCN3CCN(Cc4ccccc4)CC3)CN2C1. The molecule has 3 aliphatic heterocycles. The molecule has 3 heterocycles. The number of nitrogens with zero attached hydrogens (tertiary/aromatic N) is 5. The quantitative estimate of drug-likeness (QED) is 0.785. The van der Waals surface area contributed by atoms with Gasteiger partial charge in [-0.15, -0.1) is 0 Å². The Morgan fingerprint density at radius 2 is 1.64 bits per heavy atom. The number of benzene rings is 1. The fraction of sp³-hybridized carbons (Fsp3) is 0.526. The van der Waals surface area contributed by atoms with Gasteiger partial charge in [-0.25, -0.2) is 0 Å². The summed E-state index contributed by atoms with van der Waals surface area (Å²) >= 11 is 0. The van der Waals surface area contributed by atoms with Crippen LogP contribution in [-0.4, -0.2) is 90.1 Å². The lowest BCUT2D eigenvalue weighted by Crippen LogP contribution is -2.48. The fourth-order valence-electron chi connectivity index (χ4n) is 3.87. The summed E-state index contributed by atoms with van der Waals surface area (Å²) in [5.74, 6) is 0.187. The highest BCUT2D eigenvalue weighted by atomic mass is 16.2. The Kier molecular flexibility index (Phi) is 4.63. The molecule has 1 amide bonds. The predicted octanol–water partition coefficient (Wildman–Crippen LogP) is 0.650. The van der Waals surface area contributed by atoms with Gasteiger partial charge >= 0.3 is 0 Å². The number of fused-ring (bicyclic) bond motifs is 1. The standard InChI is InChI=1S/C19H27N5O/c1-20-14-18-19(25)23(16-24(18)15-20)12-11-21-7-9-22(10-8-21)13-17-5-3-2-4-6-17/h2-6,14H,7-13,15-16H2,1H3. The third-order valence-electron chi connectivity index (χ3n) is 5.32. The summed E-state index contributed by atoms with van der Waals surface area (Å²) in [7, 11) is 2.01. The summed E-state index contributed by atoms with van der Waals surface area (Å²) in [6, 6.07) is 10.7. The van der Waals surface area contributed by atoms with Crippen molar-refractivity contribution in [2.24, 2.45) is 0 Å². The summed E-state index contributed by atoms with van der Waals surface area (Å²) in [4.78, 5) is 23.6. The molecular formula is C19H27N5O. The molecule has 1 aromatic rings. The Morgan fingerprint density at radius 3 is 2.36 bits per heavy atom. The molecule has 0 saturated carbocycles. The number of hydrogen-bond donors (Lipinski definition) is 0. The van der Waals surface area contributed by atoms with Gasteiger partial charge in [-0.2, -0.15) is 0 Å². The van der Waals surface area contributed by atoms with Gasteiger partial charge in [0.15, 0.2) is 0 Å². The van der Waals surface area contributed by atoms with Gasteiger partial charge in [0.2, 0.25) is 0 Å². The molecule has 0 unspecified atom stereocenters. The third kappa shape index (κ3) is 3.65. The van der Waals surface area contributed by atoms with E-state index in [0.29, 0.717) is 0 Å². The van der Waals surface area contributed by atoms with E-state index in [1.807, 2.05) is 18.1 Å². The lowest BCUT2D eigenvalue weighted by Gasteiger charge is -2.35. The van der Waals surface area contributed by atoms with Crippen LogP contribution in [0.15, 0.2) is 42.2 Å². The molecule has 0 atom stereocenters. The zero-order valence-corrected chi connectivity index (χ0v) is 15.0. The van der Waals surface area contributed by atoms with E-state index in [0.717, 1.165) is 64.8 Å². The lowest BCUT2D eigenvalue weighted by molar-refractivity contribution is -0.125. The van der Waals surface area contributed by atoms with E-state index in [-0.39, 0.29) is 5.91 Å². The van der Waals surface area contributed by atoms with Gasteiger partial charge in [0, 0.05) is 59.1 Å². The van der Waals surface area contributed by atoms with Crippen LogP contribution in [0.1, 0.15) is 5.56 Å². The van der Waals surface area contributed by atoms with Crippen LogP contribution in [0.5, 0.6) is 0 Å². The minimum atomic E-state index is 0.187. The molecule has 0 N–H and O–H groups in total. The summed E-state index contributed by atoms with van der Waals surface area (Å²) in [5, 5.41) is 0. The number of carbonyl (C=O) groups excluding carboxylic acids is 1. The van der Waals surface area contributed by atoms with E-state index in [2.05, 4.69) is 49.9 Å². The van der Waals surface area contributed by atoms with Gasteiger partial charge in [0.1, 0.15) is 5.70 Å². The van der Waals surface area contributed by atoms with Crippen LogP contribution < -0.4 is 0 Å². The maximum atomic E-state index is 12.4. The van der Waals surface area contributed by atoms with Crippen molar-refractivity contribution in [3.05, 3.63) is 47.8 Å². The molecule has 0 aromatic heterocycles. The Morgan fingerprint density at radius 1 is 0.920 bits per heavy atom. The Balaban J connectivity index is 1.21. The van der Waals surface area contributed by atoms with Crippen molar-refractivity contribution in [2.75, 3.05) is 59.7 Å². The molecule has 0 aliphatic carbocycles. The van der Waals surface area contributed by atoms with E-state index < -0.39 is 0 Å². The molecule has 2 fully saturated rings. The first-order valence-electron chi connectivity index (χ1n) is 9.14. The summed E-state index contributed by atoms with van der Waals surface area (Å²) in [6.07, 6.45) is 1.96. The first-order chi connectivity index (χ1) is 12.2. The maximum absolute atomic E-state index is 12.4. The molecule has 6 heteroatoms. The van der Waals surface area contributed by atoms with E-state index in [1.54, 1.807) is 0 Å². The largest absolute Gasteiger partial charge is 0.361 e. The van der Waals surface area contributed by atoms with Gasteiger partial charge in [0.05, 0.1) is 13.3 Å². The smallest absolute Gasteiger partial charge is 0.273 e. The van der Waals surface area contributed by atoms with E-state index >= 15 is 0 Å². The second kappa shape index (κ2) is 7.06. The van der Waals surface area contributed by atoms with E-state index in [4.69, 9.17) is 0 Å². The molecule has 2 saturated heterocycles. The van der Waals surface area contributed by atoms with Crippen molar-refractivity contribution >= 4 is 5.91 Å². The minimum absolute atomic E-state index is 0.187. The zero-order valence-electron chi connectivity index (χ0n) is 15.0. The molecule has 134 valence electrons. The van der Waals surface area contributed by atoms with Crippen LogP contribution in [0.3, 0.4) is 0 Å². The van der Waals surface area contributed by atoms with Crippen LogP contribution >= 0.6 is 0 Å². The number of amides is 1. The Hall–Kier alpha value is -2.05. The molecule has 0 bridgehead atoms. The molecule has 1 aromatic carbocycles.